The van der Waals surface area contributed by atoms with E-state index in [1.807, 2.05) is 49.6 Å². The summed E-state index contributed by atoms with van der Waals surface area (Å²) in [6, 6.07) is 11.5. The lowest BCUT2D eigenvalue weighted by Gasteiger charge is -2.04. The normalized spacial score (nSPS) is 10.8. The highest BCUT2D eigenvalue weighted by atomic mass is 16.2. The molecular formula is C14H14N4O. The van der Waals surface area contributed by atoms with Crippen LogP contribution in [0.3, 0.4) is 0 Å². The summed E-state index contributed by atoms with van der Waals surface area (Å²) in [5, 5.41) is 2.85. The van der Waals surface area contributed by atoms with Crippen molar-refractivity contribution < 1.29 is 4.79 Å². The highest BCUT2D eigenvalue weighted by Gasteiger charge is 2.14. The van der Waals surface area contributed by atoms with Gasteiger partial charge >= 0.3 is 0 Å². The lowest BCUT2D eigenvalue weighted by molar-refractivity contribution is 0.0937. The number of hydrogen-bond acceptors (Lipinski definition) is 2. The Bertz CT molecular complexity index is 712. The van der Waals surface area contributed by atoms with Crippen LogP contribution in [0.4, 0.5) is 0 Å². The molecule has 2 heterocycles. The molecule has 3 aromatic rings. The lowest BCUT2D eigenvalue weighted by Crippen LogP contribution is -2.25. The molecule has 0 aliphatic rings. The van der Waals surface area contributed by atoms with E-state index in [4.69, 9.17) is 0 Å². The van der Waals surface area contributed by atoms with Crippen molar-refractivity contribution in [1.29, 1.82) is 0 Å². The molecule has 1 amide bonds. The summed E-state index contributed by atoms with van der Waals surface area (Å²) in [6.07, 6.45) is 1.83. The van der Waals surface area contributed by atoms with Crippen molar-refractivity contribution in [2.24, 2.45) is 7.05 Å². The number of nitrogens with zero attached hydrogens (tertiary/aromatic N) is 2. The number of para-hydroxylation sites is 2. The van der Waals surface area contributed by atoms with Crippen molar-refractivity contribution in [1.82, 2.24) is 19.9 Å². The Kier molecular flexibility index (Phi) is 2.79. The van der Waals surface area contributed by atoms with Gasteiger partial charge in [-0.2, -0.15) is 0 Å². The predicted molar refractivity (Wildman–Crippen MR) is 72.7 cm³/mol. The van der Waals surface area contributed by atoms with Crippen LogP contribution in [0.25, 0.3) is 11.0 Å². The molecular weight excluding hydrogens is 240 g/mol. The number of imidazole rings is 1. The summed E-state index contributed by atoms with van der Waals surface area (Å²) in [7, 11) is 1.85. The Balaban J connectivity index is 1.83. The molecule has 0 saturated carbocycles. The van der Waals surface area contributed by atoms with Gasteiger partial charge in [-0.25, -0.2) is 4.98 Å². The fourth-order valence-corrected chi connectivity index (χ4v) is 2.08. The minimum atomic E-state index is -0.173. The number of amides is 1. The Morgan fingerprint density at radius 1 is 1.32 bits per heavy atom. The summed E-state index contributed by atoms with van der Waals surface area (Å²) >= 11 is 0. The van der Waals surface area contributed by atoms with Gasteiger partial charge in [0.2, 0.25) is 0 Å². The van der Waals surface area contributed by atoms with Crippen molar-refractivity contribution >= 4 is 16.9 Å². The van der Waals surface area contributed by atoms with Crippen LogP contribution in [-0.2, 0) is 13.6 Å². The first kappa shape index (κ1) is 11.5. The molecule has 5 nitrogen and oxygen atoms in total. The number of aryl methyl sites for hydroxylation is 1. The summed E-state index contributed by atoms with van der Waals surface area (Å²) in [5.41, 5.74) is 2.75. The van der Waals surface area contributed by atoms with Crippen LogP contribution in [0, 0.1) is 0 Å². The number of rotatable bonds is 3. The number of carbonyl (C=O) groups is 1. The van der Waals surface area contributed by atoms with Gasteiger partial charge in [-0.3, -0.25) is 4.79 Å². The van der Waals surface area contributed by atoms with E-state index >= 15 is 0 Å². The smallest absolute Gasteiger partial charge is 0.287 e. The highest BCUT2D eigenvalue weighted by Crippen LogP contribution is 2.14. The van der Waals surface area contributed by atoms with Crippen molar-refractivity contribution in [3.05, 3.63) is 54.1 Å². The molecule has 96 valence electrons. The molecule has 2 N–H and O–H groups in total. The predicted octanol–water partition coefficient (Wildman–Crippen LogP) is 1.83. The van der Waals surface area contributed by atoms with Gasteiger partial charge in [0.15, 0.2) is 5.82 Å². The van der Waals surface area contributed by atoms with Crippen LogP contribution in [0.15, 0.2) is 42.6 Å². The SMILES string of the molecule is Cn1c(C(=O)NCc2ccc[nH]2)nc2ccccc21. The maximum atomic E-state index is 12.1. The van der Waals surface area contributed by atoms with Crippen LogP contribution in [0.5, 0.6) is 0 Å². The van der Waals surface area contributed by atoms with Crippen LogP contribution in [0.2, 0.25) is 0 Å². The maximum Gasteiger partial charge on any atom is 0.287 e. The average Bonchev–Trinajstić information content (AvgIpc) is 3.05. The van der Waals surface area contributed by atoms with Gasteiger partial charge in [0.1, 0.15) is 0 Å². The molecule has 0 saturated heterocycles. The highest BCUT2D eigenvalue weighted by molar-refractivity contribution is 5.94. The summed E-state index contributed by atoms with van der Waals surface area (Å²) < 4.78 is 1.80. The van der Waals surface area contributed by atoms with E-state index in [1.165, 1.54) is 0 Å². The number of aromatic nitrogens is 3. The van der Waals surface area contributed by atoms with Crippen LogP contribution in [0.1, 0.15) is 16.3 Å². The molecule has 0 unspecified atom stereocenters. The Hall–Kier alpha value is -2.56. The number of carbonyl (C=O) groups excluding carboxylic acids is 1. The number of benzene rings is 1. The van der Waals surface area contributed by atoms with Gasteiger partial charge in [-0.15, -0.1) is 0 Å². The molecule has 0 aliphatic heterocycles. The van der Waals surface area contributed by atoms with E-state index in [1.54, 1.807) is 4.57 Å². The molecule has 1 aromatic carbocycles. The second kappa shape index (κ2) is 4.61. The first-order valence-corrected chi connectivity index (χ1v) is 6.07. The van der Waals surface area contributed by atoms with Gasteiger partial charge < -0.3 is 14.9 Å². The van der Waals surface area contributed by atoms with E-state index in [0.717, 1.165) is 16.7 Å². The number of fused-ring (bicyclic) bond motifs is 1. The third-order valence-electron chi connectivity index (χ3n) is 3.09. The van der Waals surface area contributed by atoms with E-state index in [0.29, 0.717) is 12.4 Å². The molecule has 19 heavy (non-hydrogen) atoms. The molecule has 0 fully saturated rings. The second-order valence-electron chi connectivity index (χ2n) is 4.36. The largest absolute Gasteiger partial charge is 0.364 e. The van der Waals surface area contributed by atoms with Gasteiger partial charge in [0.05, 0.1) is 17.6 Å². The van der Waals surface area contributed by atoms with E-state index in [2.05, 4.69) is 15.3 Å². The van der Waals surface area contributed by atoms with Crippen molar-refractivity contribution in [2.75, 3.05) is 0 Å². The lowest BCUT2D eigenvalue weighted by atomic mass is 10.3. The Labute approximate surface area is 110 Å². The van der Waals surface area contributed by atoms with E-state index in [-0.39, 0.29) is 5.91 Å². The average molecular weight is 254 g/mol. The molecule has 0 aliphatic carbocycles. The fraction of sp³-hybridized carbons (Fsp3) is 0.143. The third-order valence-corrected chi connectivity index (χ3v) is 3.09. The first-order valence-electron chi connectivity index (χ1n) is 6.07. The summed E-state index contributed by atoms with van der Waals surface area (Å²) in [6.45, 7) is 0.467. The van der Waals surface area contributed by atoms with Crippen LogP contribution in [-0.4, -0.2) is 20.4 Å². The monoisotopic (exact) mass is 254 g/mol. The number of hydrogen-bond donors (Lipinski definition) is 2. The minimum Gasteiger partial charge on any atom is -0.364 e. The fourth-order valence-electron chi connectivity index (χ4n) is 2.08. The Morgan fingerprint density at radius 3 is 2.89 bits per heavy atom. The topological polar surface area (TPSA) is 62.7 Å². The van der Waals surface area contributed by atoms with Crippen LogP contribution >= 0.6 is 0 Å². The summed E-state index contributed by atoms with van der Waals surface area (Å²) in [5.74, 6) is 0.251. The first-order chi connectivity index (χ1) is 9.25. The third kappa shape index (κ3) is 2.10. The zero-order chi connectivity index (χ0) is 13.2. The standard InChI is InChI=1S/C14H14N4O/c1-18-12-7-3-2-6-11(12)17-13(18)14(19)16-9-10-5-4-8-15-10/h2-8,15H,9H2,1H3,(H,16,19). The van der Waals surface area contributed by atoms with Crippen molar-refractivity contribution in [3.63, 3.8) is 0 Å². The minimum absolute atomic E-state index is 0.173. The van der Waals surface area contributed by atoms with Gasteiger partial charge in [0.25, 0.3) is 5.91 Å². The van der Waals surface area contributed by atoms with E-state index < -0.39 is 0 Å². The molecule has 0 bridgehead atoms. The number of H-pyrrole nitrogens is 1. The molecule has 0 spiro atoms. The molecule has 0 atom stereocenters. The number of aromatic amines is 1. The molecule has 0 radical (unpaired) electrons. The van der Waals surface area contributed by atoms with Crippen LogP contribution < -0.4 is 5.32 Å². The Morgan fingerprint density at radius 2 is 2.16 bits per heavy atom. The van der Waals surface area contributed by atoms with Crippen molar-refractivity contribution in [3.8, 4) is 0 Å². The van der Waals surface area contributed by atoms with Gasteiger partial charge in [-0.1, -0.05) is 12.1 Å². The maximum absolute atomic E-state index is 12.1. The second-order valence-corrected chi connectivity index (χ2v) is 4.36. The molecule has 3 rings (SSSR count). The molecule has 5 heteroatoms. The van der Waals surface area contributed by atoms with Gasteiger partial charge in [0, 0.05) is 18.9 Å². The van der Waals surface area contributed by atoms with Crippen molar-refractivity contribution in [2.45, 2.75) is 6.54 Å². The zero-order valence-electron chi connectivity index (χ0n) is 10.6. The number of nitrogens with one attached hydrogen (secondary N) is 2. The quantitative estimate of drug-likeness (QED) is 0.749. The molecule has 2 aromatic heterocycles. The van der Waals surface area contributed by atoms with Gasteiger partial charge in [-0.05, 0) is 24.3 Å². The zero-order valence-corrected chi connectivity index (χ0v) is 10.6. The summed E-state index contributed by atoms with van der Waals surface area (Å²) in [4.78, 5) is 19.5. The van der Waals surface area contributed by atoms with E-state index in [9.17, 15) is 4.79 Å².